The van der Waals surface area contributed by atoms with Crippen LogP contribution in [0.5, 0.6) is 0 Å². The number of hydrogen-bond acceptors (Lipinski definition) is 7. The van der Waals surface area contributed by atoms with E-state index in [9.17, 15) is 14.2 Å². The molecular weight excluding hydrogens is 587 g/mol. The predicted molar refractivity (Wildman–Crippen MR) is 178 cm³/mol. The third-order valence-electron chi connectivity index (χ3n) is 7.63. The van der Waals surface area contributed by atoms with Gasteiger partial charge in [-0.3, -0.25) is 14.1 Å². The van der Waals surface area contributed by atoms with Gasteiger partial charge in [0.2, 0.25) is 0 Å². The summed E-state index contributed by atoms with van der Waals surface area (Å²) >= 11 is 1.65. The summed E-state index contributed by atoms with van der Waals surface area (Å²) in [7, 11) is -4.61. The van der Waals surface area contributed by atoms with Gasteiger partial charge in [0.15, 0.2) is 0 Å². The first-order chi connectivity index (χ1) is 20.9. The van der Waals surface area contributed by atoms with Crippen molar-refractivity contribution < 1.29 is 37.9 Å². The summed E-state index contributed by atoms with van der Waals surface area (Å²) in [5, 5.41) is 0. The van der Waals surface area contributed by atoms with E-state index in [0.29, 0.717) is 25.3 Å². The zero-order valence-corrected chi connectivity index (χ0v) is 29.1. The van der Waals surface area contributed by atoms with Crippen LogP contribution in [0, 0.1) is 0 Å². The first-order valence-corrected chi connectivity index (χ1v) is 20.1. The van der Waals surface area contributed by atoms with Crippen molar-refractivity contribution in [2.45, 2.75) is 174 Å². The third kappa shape index (κ3) is 35.7. The molecule has 8 nitrogen and oxygen atoms in total. The molecule has 0 bridgehead atoms. The van der Waals surface area contributed by atoms with Gasteiger partial charge in [-0.15, -0.1) is 0 Å². The molecular formula is C33H65O8PS. The maximum Gasteiger partial charge on any atom is 0.469 e. The van der Waals surface area contributed by atoms with Crippen LogP contribution >= 0.6 is 19.6 Å². The van der Waals surface area contributed by atoms with Crippen molar-refractivity contribution in [2.75, 3.05) is 24.7 Å². The number of hydrogen-bond donors (Lipinski definition) is 2. The number of esters is 1. The Morgan fingerprint density at radius 3 is 1.60 bits per heavy atom. The van der Waals surface area contributed by atoms with Crippen molar-refractivity contribution in [3.8, 4) is 0 Å². The quantitative estimate of drug-likeness (QED) is 0.0298. The largest absolute Gasteiger partial charge is 0.469 e. The van der Waals surface area contributed by atoms with Gasteiger partial charge in [0.05, 0.1) is 13.2 Å². The van der Waals surface area contributed by atoms with Crippen LogP contribution in [-0.2, 0) is 28.2 Å². The van der Waals surface area contributed by atoms with E-state index in [0.717, 1.165) is 50.7 Å². The second kappa shape index (κ2) is 32.8. The number of carbonyl (C=O) groups excluding carboxylic acids is 2. The van der Waals surface area contributed by atoms with Crippen molar-refractivity contribution in [2.24, 2.45) is 0 Å². The molecule has 0 aliphatic carbocycles. The van der Waals surface area contributed by atoms with Gasteiger partial charge in [-0.2, -0.15) is 11.8 Å². The summed E-state index contributed by atoms with van der Waals surface area (Å²) in [5.74, 6) is 1.10. The summed E-state index contributed by atoms with van der Waals surface area (Å²) in [5.41, 5.74) is 0. The number of rotatable bonds is 35. The number of ether oxygens (including phenoxy) is 2. The smallest absolute Gasteiger partial charge is 0.468 e. The van der Waals surface area contributed by atoms with E-state index in [1.165, 1.54) is 109 Å². The molecule has 0 unspecified atom stereocenters. The Balaban J connectivity index is 3.79. The second-order valence-corrected chi connectivity index (χ2v) is 14.2. The highest BCUT2D eigenvalue weighted by Crippen LogP contribution is 2.36. The van der Waals surface area contributed by atoms with Crippen molar-refractivity contribution >= 4 is 32.0 Å². The van der Waals surface area contributed by atoms with Crippen LogP contribution in [0.2, 0.25) is 0 Å². The maximum absolute atomic E-state index is 12.3. The van der Waals surface area contributed by atoms with Gasteiger partial charge in [0.25, 0.3) is 6.47 Å². The normalized spacial score (nSPS) is 12.3. The van der Waals surface area contributed by atoms with Gasteiger partial charge in [-0.05, 0) is 25.0 Å². The lowest BCUT2D eigenvalue weighted by Crippen LogP contribution is -2.25. The van der Waals surface area contributed by atoms with E-state index in [2.05, 4.69) is 11.4 Å². The van der Waals surface area contributed by atoms with Crippen LogP contribution in [0.4, 0.5) is 0 Å². The molecule has 0 rings (SSSR count). The van der Waals surface area contributed by atoms with Gasteiger partial charge < -0.3 is 19.3 Å². The molecule has 10 heteroatoms. The number of phosphoric acid groups is 1. The average Bonchev–Trinajstić information content (AvgIpc) is 2.97. The molecule has 1 atom stereocenters. The molecule has 0 spiro atoms. The SMILES string of the molecule is CCCCCCCCCCCCCCC(=O)O[C@H](COP(=O)(O)O)CSCCCCCCCCCCCCCCOC=O. The van der Waals surface area contributed by atoms with Crippen LogP contribution in [0.25, 0.3) is 0 Å². The summed E-state index contributed by atoms with van der Waals surface area (Å²) in [4.78, 5) is 40.6. The molecule has 0 fully saturated rings. The Kier molecular flexibility index (Phi) is 32.3. The first kappa shape index (κ1) is 42.4. The topological polar surface area (TPSA) is 119 Å². The van der Waals surface area contributed by atoms with Crippen molar-refractivity contribution in [1.82, 2.24) is 0 Å². The van der Waals surface area contributed by atoms with Gasteiger partial charge >= 0.3 is 13.8 Å². The lowest BCUT2D eigenvalue weighted by molar-refractivity contribution is -0.149. The molecule has 0 aromatic carbocycles. The Hall–Kier alpha value is -0.600. The van der Waals surface area contributed by atoms with Crippen LogP contribution in [0.15, 0.2) is 0 Å². The highest BCUT2D eigenvalue weighted by atomic mass is 32.2. The molecule has 0 heterocycles. The lowest BCUT2D eigenvalue weighted by Gasteiger charge is -2.18. The summed E-state index contributed by atoms with van der Waals surface area (Å²) in [6.45, 7) is 3.02. The van der Waals surface area contributed by atoms with Crippen LogP contribution < -0.4 is 0 Å². The van der Waals surface area contributed by atoms with E-state index in [1.54, 1.807) is 11.8 Å². The minimum atomic E-state index is -4.61. The fourth-order valence-electron chi connectivity index (χ4n) is 5.07. The van der Waals surface area contributed by atoms with Crippen molar-refractivity contribution in [3.63, 3.8) is 0 Å². The zero-order valence-electron chi connectivity index (χ0n) is 27.4. The molecule has 0 aromatic rings. The Labute approximate surface area is 267 Å². The molecule has 0 aromatic heterocycles. The first-order valence-electron chi connectivity index (χ1n) is 17.4. The van der Waals surface area contributed by atoms with Gasteiger partial charge in [0, 0.05) is 12.2 Å². The minimum Gasteiger partial charge on any atom is -0.468 e. The summed E-state index contributed by atoms with van der Waals surface area (Å²) in [6, 6.07) is 0. The molecule has 43 heavy (non-hydrogen) atoms. The zero-order chi connectivity index (χ0) is 31.7. The monoisotopic (exact) mass is 652 g/mol. The Bertz CT molecular complexity index is 661. The van der Waals surface area contributed by atoms with Gasteiger partial charge in [0.1, 0.15) is 6.10 Å². The van der Waals surface area contributed by atoms with E-state index in [1.807, 2.05) is 0 Å². The summed E-state index contributed by atoms with van der Waals surface area (Å²) in [6.07, 6.45) is 28.9. The molecule has 0 saturated heterocycles. The third-order valence-corrected chi connectivity index (χ3v) is 9.30. The number of thioether (sulfide) groups is 1. The molecule has 0 radical (unpaired) electrons. The summed E-state index contributed by atoms with van der Waals surface area (Å²) < 4.78 is 26.0. The lowest BCUT2D eigenvalue weighted by atomic mass is 10.0. The van der Waals surface area contributed by atoms with E-state index in [4.69, 9.17) is 19.3 Å². The molecule has 2 N–H and O–H groups in total. The number of unbranched alkanes of at least 4 members (excludes halogenated alkanes) is 22. The second-order valence-electron chi connectivity index (χ2n) is 11.8. The number of carbonyl (C=O) groups is 2. The average molecular weight is 653 g/mol. The van der Waals surface area contributed by atoms with E-state index < -0.39 is 13.9 Å². The van der Waals surface area contributed by atoms with Gasteiger partial charge in [-0.25, -0.2) is 4.57 Å². The minimum absolute atomic E-state index is 0.282. The van der Waals surface area contributed by atoms with Crippen molar-refractivity contribution in [1.29, 1.82) is 0 Å². The molecule has 0 aliphatic rings. The van der Waals surface area contributed by atoms with Crippen LogP contribution in [0.3, 0.4) is 0 Å². The molecule has 0 amide bonds. The van der Waals surface area contributed by atoms with E-state index in [-0.39, 0.29) is 12.6 Å². The van der Waals surface area contributed by atoms with Crippen LogP contribution in [0.1, 0.15) is 167 Å². The van der Waals surface area contributed by atoms with Gasteiger partial charge in [-0.1, -0.05) is 142 Å². The number of phosphoric ester groups is 1. The van der Waals surface area contributed by atoms with Crippen LogP contribution in [-0.4, -0.2) is 53.1 Å². The van der Waals surface area contributed by atoms with Crippen molar-refractivity contribution in [3.05, 3.63) is 0 Å². The van der Waals surface area contributed by atoms with E-state index >= 15 is 0 Å². The standard InChI is InChI=1S/C33H65O8PS/c1-2-3-4-5-6-7-8-11-14-17-20-23-26-33(35)41-32(29-40-42(36,37)38)30-43-28-25-22-19-16-13-10-9-12-15-18-21-24-27-39-31-34/h31-32H,2-30H2,1H3,(H2,36,37,38)/t32-/m1/s1. The Morgan fingerprint density at radius 2 is 1.14 bits per heavy atom. The highest BCUT2D eigenvalue weighted by molar-refractivity contribution is 7.99. The predicted octanol–water partition coefficient (Wildman–Crippen LogP) is 9.69. The Morgan fingerprint density at radius 1 is 0.698 bits per heavy atom. The maximum atomic E-state index is 12.3. The molecule has 0 aliphatic heterocycles. The fraction of sp³-hybridized carbons (Fsp3) is 0.939. The molecule has 256 valence electrons. The molecule has 0 saturated carbocycles. The fourth-order valence-corrected chi connectivity index (χ4v) is 6.43. The highest BCUT2D eigenvalue weighted by Gasteiger charge is 2.21.